The standard InChI is InChI=1S/C19H16BrClN2O2S/c1-3-25-16-7-5-13(20)8-12(16)9-17-18(24)23-19(26-17)22-14-6-4-11(2)15(21)10-14/h4-10H,3H2,1-2H3,(H,22,23,24). The molecule has 4 nitrogen and oxygen atoms in total. The Morgan fingerprint density at radius 2 is 2.12 bits per heavy atom. The normalized spacial score (nSPS) is 17.0. The molecule has 0 saturated carbocycles. The van der Waals surface area contributed by atoms with Gasteiger partial charge in [0.25, 0.3) is 5.91 Å². The molecule has 0 aromatic heterocycles. The van der Waals surface area contributed by atoms with Gasteiger partial charge in [0.2, 0.25) is 0 Å². The first-order valence-corrected chi connectivity index (χ1v) is 9.93. The number of benzene rings is 2. The lowest BCUT2D eigenvalue weighted by molar-refractivity contribution is -0.115. The number of carbonyl (C=O) groups excluding carboxylic acids is 1. The van der Waals surface area contributed by atoms with Crippen molar-refractivity contribution in [1.82, 2.24) is 5.32 Å². The molecule has 0 unspecified atom stereocenters. The lowest BCUT2D eigenvalue weighted by Crippen LogP contribution is -2.19. The van der Waals surface area contributed by atoms with Gasteiger partial charge in [-0.1, -0.05) is 33.6 Å². The zero-order valence-electron chi connectivity index (χ0n) is 14.2. The van der Waals surface area contributed by atoms with Gasteiger partial charge in [0.1, 0.15) is 5.75 Å². The van der Waals surface area contributed by atoms with Crippen molar-refractivity contribution in [2.45, 2.75) is 13.8 Å². The third-order valence-electron chi connectivity index (χ3n) is 3.60. The highest BCUT2D eigenvalue weighted by molar-refractivity contribution is 9.10. The van der Waals surface area contributed by atoms with Crippen LogP contribution in [0.1, 0.15) is 18.1 Å². The van der Waals surface area contributed by atoms with Crippen LogP contribution in [0.4, 0.5) is 5.69 Å². The summed E-state index contributed by atoms with van der Waals surface area (Å²) in [6.07, 6.45) is 1.81. The molecule has 1 fully saturated rings. The topological polar surface area (TPSA) is 50.7 Å². The number of halogens is 2. The Kier molecular flexibility index (Phi) is 6.06. The largest absolute Gasteiger partial charge is 0.493 e. The molecule has 1 aliphatic heterocycles. The molecule has 1 amide bonds. The van der Waals surface area contributed by atoms with E-state index in [1.165, 1.54) is 11.8 Å². The molecule has 0 radical (unpaired) electrons. The summed E-state index contributed by atoms with van der Waals surface area (Å²) < 4.78 is 6.55. The number of hydrogen-bond donors (Lipinski definition) is 1. The second-order valence-corrected chi connectivity index (χ2v) is 7.88. The molecule has 0 aliphatic carbocycles. The van der Waals surface area contributed by atoms with Crippen molar-refractivity contribution >= 4 is 62.1 Å². The molecular weight excluding hydrogens is 436 g/mol. The molecule has 1 saturated heterocycles. The van der Waals surface area contributed by atoms with E-state index < -0.39 is 0 Å². The molecule has 1 aliphatic rings. The summed E-state index contributed by atoms with van der Waals surface area (Å²) in [7, 11) is 0. The van der Waals surface area contributed by atoms with Crippen LogP contribution in [-0.2, 0) is 4.79 Å². The average Bonchev–Trinajstić information content (AvgIpc) is 2.93. The molecule has 0 spiro atoms. The molecular formula is C19H16BrClN2O2S. The van der Waals surface area contributed by atoms with Crippen LogP contribution in [0.2, 0.25) is 5.02 Å². The second kappa shape index (κ2) is 8.29. The molecule has 7 heteroatoms. The lowest BCUT2D eigenvalue weighted by atomic mass is 10.2. The van der Waals surface area contributed by atoms with Crippen LogP contribution >= 0.6 is 39.3 Å². The van der Waals surface area contributed by atoms with Crippen molar-refractivity contribution in [2.75, 3.05) is 6.61 Å². The van der Waals surface area contributed by atoms with Crippen molar-refractivity contribution in [2.24, 2.45) is 4.99 Å². The number of carbonyl (C=O) groups is 1. The summed E-state index contributed by atoms with van der Waals surface area (Å²) in [6, 6.07) is 11.2. The Morgan fingerprint density at radius 1 is 1.31 bits per heavy atom. The van der Waals surface area contributed by atoms with Gasteiger partial charge in [-0.2, -0.15) is 0 Å². The number of nitrogens with zero attached hydrogens (tertiary/aromatic N) is 1. The first-order chi connectivity index (χ1) is 12.5. The summed E-state index contributed by atoms with van der Waals surface area (Å²) in [5.74, 6) is 0.543. The van der Waals surface area contributed by atoms with Crippen molar-refractivity contribution in [3.63, 3.8) is 0 Å². The first-order valence-electron chi connectivity index (χ1n) is 7.94. The fourth-order valence-corrected chi connectivity index (χ4v) is 3.70. The minimum atomic E-state index is -0.186. The molecule has 0 bridgehead atoms. The average molecular weight is 452 g/mol. The second-order valence-electron chi connectivity index (χ2n) is 5.53. The molecule has 26 heavy (non-hydrogen) atoms. The number of aryl methyl sites for hydroxylation is 1. The van der Waals surface area contributed by atoms with Gasteiger partial charge in [0, 0.05) is 15.1 Å². The van der Waals surface area contributed by atoms with Crippen LogP contribution in [0, 0.1) is 6.92 Å². The smallest absolute Gasteiger partial charge is 0.264 e. The first kappa shape index (κ1) is 19.0. The molecule has 134 valence electrons. The Hall–Kier alpha value is -1.76. The van der Waals surface area contributed by atoms with Gasteiger partial charge in [0.15, 0.2) is 5.17 Å². The molecule has 2 aromatic carbocycles. The fourth-order valence-electron chi connectivity index (χ4n) is 2.31. The summed E-state index contributed by atoms with van der Waals surface area (Å²) in [5, 5.41) is 3.95. The zero-order valence-corrected chi connectivity index (χ0v) is 17.3. The Labute approximate surface area is 169 Å². The van der Waals surface area contributed by atoms with Gasteiger partial charge in [0.05, 0.1) is 17.2 Å². The van der Waals surface area contributed by atoms with Crippen LogP contribution < -0.4 is 10.1 Å². The SMILES string of the molecule is CCOc1ccc(Br)cc1C=C1SC(=Nc2ccc(C)c(Cl)c2)NC1=O. The number of aliphatic imine (C=N–C) groups is 1. The monoisotopic (exact) mass is 450 g/mol. The van der Waals surface area contributed by atoms with E-state index >= 15 is 0 Å². The van der Waals surface area contributed by atoms with Gasteiger partial charge < -0.3 is 10.1 Å². The lowest BCUT2D eigenvalue weighted by Gasteiger charge is -2.07. The van der Waals surface area contributed by atoms with Crippen molar-refractivity contribution in [3.05, 3.63) is 61.9 Å². The van der Waals surface area contributed by atoms with E-state index in [0.717, 1.165) is 21.3 Å². The van der Waals surface area contributed by atoms with Gasteiger partial charge in [-0.15, -0.1) is 0 Å². The van der Waals surface area contributed by atoms with Crippen LogP contribution in [-0.4, -0.2) is 17.7 Å². The van der Waals surface area contributed by atoms with Crippen LogP contribution in [0.5, 0.6) is 5.75 Å². The molecule has 1 N–H and O–H groups in total. The Bertz CT molecular complexity index is 928. The van der Waals surface area contributed by atoms with Gasteiger partial charge in [-0.05, 0) is 67.6 Å². The number of rotatable bonds is 4. The van der Waals surface area contributed by atoms with E-state index in [9.17, 15) is 4.79 Å². The maximum absolute atomic E-state index is 12.3. The highest BCUT2D eigenvalue weighted by atomic mass is 79.9. The van der Waals surface area contributed by atoms with E-state index in [2.05, 4.69) is 26.2 Å². The summed E-state index contributed by atoms with van der Waals surface area (Å²) in [6.45, 7) is 4.41. The number of nitrogens with one attached hydrogen (secondary N) is 1. The van der Waals surface area contributed by atoms with E-state index in [1.807, 2.05) is 44.2 Å². The van der Waals surface area contributed by atoms with Crippen molar-refractivity contribution in [3.8, 4) is 5.75 Å². The maximum atomic E-state index is 12.3. The van der Waals surface area contributed by atoms with Crippen molar-refractivity contribution in [1.29, 1.82) is 0 Å². The Morgan fingerprint density at radius 3 is 2.85 bits per heavy atom. The number of thioether (sulfide) groups is 1. The molecule has 3 rings (SSSR count). The fraction of sp³-hybridized carbons (Fsp3) is 0.158. The van der Waals surface area contributed by atoms with E-state index in [1.54, 1.807) is 12.1 Å². The van der Waals surface area contributed by atoms with Gasteiger partial charge >= 0.3 is 0 Å². The Balaban J connectivity index is 1.88. The summed E-state index contributed by atoms with van der Waals surface area (Å²) in [5.41, 5.74) is 2.51. The predicted molar refractivity (Wildman–Crippen MR) is 112 cm³/mol. The van der Waals surface area contributed by atoms with Crippen molar-refractivity contribution < 1.29 is 9.53 Å². The highest BCUT2D eigenvalue weighted by Crippen LogP contribution is 2.32. The number of ether oxygens (including phenoxy) is 1. The summed E-state index contributed by atoms with van der Waals surface area (Å²) in [4.78, 5) is 17.3. The number of amides is 1. The summed E-state index contributed by atoms with van der Waals surface area (Å²) >= 11 is 10.9. The van der Waals surface area contributed by atoms with Gasteiger partial charge in [-0.3, -0.25) is 4.79 Å². The predicted octanol–water partition coefficient (Wildman–Crippen LogP) is 5.70. The van der Waals surface area contributed by atoms with Crippen LogP contribution in [0.25, 0.3) is 6.08 Å². The quantitative estimate of drug-likeness (QED) is 0.607. The zero-order chi connectivity index (χ0) is 18.7. The number of hydrogen-bond acceptors (Lipinski definition) is 4. The third-order valence-corrected chi connectivity index (χ3v) is 5.41. The maximum Gasteiger partial charge on any atom is 0.264 e. The number of amidine groups is 1. The van der Waals surface area contributed by atoms with E-state index in [4.69, 9.17) is 16.3 Å². The molecule has 0 atom stereocenters. The third kappa shape index (κ3) is 4.50. The minimum absolute atomic E-state index is 0.186. The molecule has 1 heterocycles. The highest BCUT2D eigenvalue weighted by Gasteiger charge is 2.24. The minimum Gasteiger partial charge on any atom is -0.493 e. The van der Waals surface area contributed by atoms with E-state index in [-0.39, 0.29) is 5.91 Å². The van der Waals surface area contributed by atoms with E-state index in [0.29, 0.717) is 27.4 Å². The molecule has 2 aromatic rings. The van der Waals surface area contributed by atoms with Gasteiger partial charge in [-0.25, -0.2) is 4.99 Å². The van der Waals surface area contributed by atoms with Crippen LogP contribution in [0.15, 0.2) is 50.8 Å². The van der Waals surface area contributed by atoms with Crippen LogP contribution in [0.3, 0.4) is 0 Å².